The predicted octanol–water partition coefficient (Wildman–Crippen LogP) is 3.11. The van der Waals surface area contributed by atoms with Gasteiger partial charge < -0.3 is 0 Å². The molecule has 0 aliphatic rings. The summed E-state index contributed by atoms with van der Waals surface area (Å²) in [5, 5.41) is 19.1. The number of hydrogen-bond acceptors (Lipinski definition) is 2. The molecule has 2 aromatic carbocycles. The Balaban J connectivity index is 2.58. The van der Waals surface area contributed by atoms with Crippen molar-refractivity contribution in [1.29, 1.82) is 10.5 Å². The topological polar surface area (TPSA) is 47.6 Å². The maximum atomic E-state index is 12.9. The highest BCUT2D eigenvalue weighted by atomic mass is 19.1. The molecule has 0 aromatic heterocycles. The summed E-state index contributed by atoms with van der Waals surface area (Å²) in [6, 6.07) is 13.4. The summed E-state index contributed by atoms with van der Waals surface area (Å²) >= 11 is 0. The van der Waals surface area contributed by atoms with Crippen molar-refractivity contribution in [3.05, 3.63) is 47.8 Å². The number of nitrogens with zero attached hydrogens (tertiary/aromatic N) is 2. The zero-order valence-corrected chi connectivity index (χ0v) is 8.31. The van der Waals surface area contributed by atoms with E-state index in [4.69, 9.17) is 10.5 Å². The molecule has 16 heavy (non-hydrogen) atoms. The summed E-state index contributed by atoms with van der Waals surface area (Å²) in [6.07, 6.45) is 0. The lowest BCUT2D eigenvalue weighted by Gasteiger charge is -2.03. The van der Waals surface area contributed by atoms with E-state index in [1.165, 1.54) is 12.1 Å². The van der Waals surface area contributed by atoms with Gasteiger partial charge in [-0.25, -0.2) is 4.39 Å². The minimum atomic E-state index is -0.769. The van der Waals surface area contributed by atoms with E-state index in [2.05, 4.69) is 0 Å². The number of nitriles is 2. The van der Waals surface area contributed by atoms with Crippen LogP contribution in [-0.2, 0) is 0 Å². The SMILES string of the molecule is N#CC(C#N)c1ccc2cc(F)ccc2c1. The Labute approximate surface area is 92.2 Å². The van der Waals surface area contributed by atoms with E-state index in [-0.39, 0.29) is 5.82 Å². The smallest absolute Gasteiger partial charge is 0.158 e. The summed E-state index contributed by atoms with van der Waals surface area (Å²) in [7, 11) is 0. The van der Waals surface area contributed by atoms with Crippen LogP contribution in [0.3, 0.4) is 0 Å². The Bertz CT molecular complexity index is 606. The maximum absolute atomic E-state index is 12.9. The molecular weight excluding hydrogens is 203 g/mol. The monoisotopic (exact) mass is 210 g/mol. The highest BCUT2D eigenvalue weighted by Crippen LogP contribution is 2.21. The van der Waals surface area contributed by atoms with Crippen LogP contribution in [0.1, 0.15) is 11.5 Å². The van der Waals surface area contributed by atoms with Gasteiger partial charge in [0.1, 0.15) is 5.82 Å². The fraction of sp³-hybridized carbons (Fsp3) is 0.0769. The third-order valence-corrected chi connectivity index (χ3v) is 2.42. The second kappa shape index (κ2) is 4.00. The summed E-state index contributed by atoms with van der Waals surface area (Å²) in [5.74, 6) is -1.06. The molecule has 0 N–H and O–H groups in total. The molecule has 0 unspecified atom stereocenters. The Morgan fingerprint density at radius 2 is 1.56 bits per heavy atom. The van der Waals surface area contributed by atoms with Crippen molar-refractivity contribution in [3.63, 3.8) is 0 Å². The van der Waals surface area contributed by atoms with Crippen LogP contribution in [0.25, 0.3) is 10.8 Å². The molecule has 0 spiro atoms. The molecule has 0 atom stereocenters. The quantitative estimate of drug-likeness (QED) is 0.726. The average Bonchev–Trinajstić information content (AvgIpc) is 2.31. The van der Waals surface area contributed by atoms with Crippen LogP contribution in [-0.4, -0.2) is 0 Å². The van der Waals surface area contributed by atoms with E-state index >= 15 is 0 Å². The Morgan fingerprint density at radius 1 is 0.938 bits per heavy atom. The third kappa shape index (κ3) is 1.71. The first-order chi connectivity index (χ1) is 7.74. The van der Waals surface area contributed by atoms with Crippen LogP contribution in [0, 0.1) is 28.5 Å². The lowest BCUT2D eigenvalue weighted by Crippen LogP contribution is -1.91. The number of fused-ring (bicyclic) bond motifs is 1. The maximum Gasteiger partial charge on any atom is 0.158 e. The minimum absolute atomic E-state index is 0.294. The number of benzene rings is 2. The summed E-state index contributed by atoms with van der Waals surface area (Å²) in [6.45, 7) is 0. The highest BCUT2D eigenvalue weighted by molar-refractivity contribution is 5.83. The second-order valence-electron chi connectivity index (χ2n) is 3.44. The van der Waals surface area contributed by atoms with E-state index in [0.29, 0.717) is 5.56 Å². The molecule has 0 saturated heterocycles. The lowest BCUT2D eigenvalue weighted by atomic mass is 9.98. The van der Waals surface area contributed by atoms with Crippen molar-refractivity contribution in [2.24, 2.45) is 0 Å². The fourth-order valence-corrected chi connectivity index (χ4v) is 1.59. The molecule has 76 valence electrons. The van der Waals surface area contributed by atoms with Gasteiger partial charge in [-0.2, -0.15) is 10.5 Å². The van der Waals surface area contributed by atoms with Gasteiger partial charge in [0.2, 0.25) is 0 Å². The largest absolute Gasteiger partial charge is 0.207 e. The molecule has 2 nitrogen and oxygen atoms in total. The summed E-state index contributed by atoms with van der Waals surface area (Å²) in [5.41, 5.74) is 0.643. The van der Waals surface area contributed by atoms with Crippen LogP contribution in [0.4, 0.5) is 4.39 Å². The fourth-order valence-electron chi connectivity index (χ4n) is 1.59. The number of rotatable bonds is 1. The van der Waals surface area contributed by atoms with Crippen molar-refractivity contribution in [2.75, 3.05) is 0 Å². The first kappa shape index (κ1) is 10.1. The van der Waals surface area contributed by atoms with Gasteiger partial charge in [0.05, 0.1) is 12.1 Å². The van der Waals surface area contributed by atoms with Gasteiger partial charge >= 0.3 is 0 Å². The van der Waals surface area contributed by atoms with Crippen molar-refractivity contribution >= 4 is 10.8 Å². The molecule has 0 aliphatic heterocycles. The van der Waals surface area contributed by atoms with Crippen molar-refractivity contribution in [2.45, 2.75) is 5.92 Å². The molecule has 2 aromatic rings. The molecule has 0 bridgehead atoms. The van der Waals surface area contributed by atoms with Crippen LogP contribution < -0.4 is 0 Å². The molecule has 0 saturated carbocycles. The number of halogens is 1. The average molecular weight is 210 g/mol. The summed E-state index contributed by atoms with van der Waals surface area (Å²) < 4.78 is 12.9. The number of hydrogen-bond donors (Lipinski definition) is 0. The van der Waals surface area contributed by atoms with E-state index in [0.717, 1.165) is 10.8 Å². The molecular formula is C13H7FN2. The van der Waals surface area contributed by atoms with Gasteiger partial charge in [0, 0.05) is 0 Å². The standard InChI is InChI=1S/C13H7FN2/c14-13-4-3-9-5-10(12(7-15)8-16)1-2-11(9)6-13/h1-6,12H. The Morgan fingerprint density at radius 3 is 2.25 bits per heavy atom. The van der Waals surface area contributed by atoms with E-state index in [1.54, 1.807) is 24.3 Å². The van der Waals surface area contributed by atoms with Crippen molar-refractivity contribution in [3.8, 4) is 12.1 Å². The molecule has 0 fully saturated rings. The van der Waals surface area contributed by atoms with E-state index in [1.807, 2.05) is 12.1 Å². The van der Waals surface area contributed by atoms with Gasteiger partial charge in [-0.1, -0.05) is 18.2 Å². The van der Waals surface area contributed by atoms with Crippen LogP contribution in [0.2, 0.25) is 0 Å². The molecule has 0 aliphatic carbocycles. The molecule has 3 heteroatoms. The lowest BCUT2D eigenvalue weighted by molar-refractivity contribution is 0.630. The Hall–Kier alpha value is -2.39. The zero-order chi connectivity index (χ0) is 11.5. The molecule has 0 radical (unpaired) electrons. The predicted molar refractivity (Wildman–Crippen MR) is 57.9 cm³/mol. The van der Waals surface area contributed by atoms with Gasteiger partial charge in [0.25, 0.3) is 0 Å². The van der Waals surface area contributed by atoms with Crippen molar-refractivity contribution in [1.82, 2.24) is 0 Å². The van der Waals surface area contributed by atoms with E-state index in [9.17, 15) is 4.39 Å². The third-order valence-electron chi connectivity index (χ3n) is 2.42. The normalized spacial score (nSPS) is 10.0. The molecule has 0 amide bonds. The van der Waals surface area contributed by atoms with Gasteiger partial charge in [-0.15, -0.1) is 0 Å². The molecule has 2 rings (SSSR count). The van der Waals surface area contributed by atoms with Crippen molar-refractivity contribution < 1.29 is 4.39 Å². The first-order valence-corrected chi connectivity index (χ1v) is 4.73. The van der Waals surface area contributed by atoms with Gasteiger partial charge in [0.15, 0.2) is 5.92 Å². The zero-order valence-electron chi connectivity index (χ0n) is 8.31. The van der Waals surface area contributed by atoms with E-state index < -0.39 is 5.92 Å². The van der Waals surface area contributed by atoms with Crippen LogP contribution >= 0.6 is 0 Å². The first-order valence-electron chi connectivity index (χ1n) is 4.73. The summed E-state index contributed by atoms with van der Waals surface area (Å²) in [4.78, 5) is 0. The minimum Gasteiger partial charge on any atom is -0.207 e. The van der Waals surface area contributed by atoms with Crippen LogP contribution in [0.15, 0.2) is 36.4 Å². The molecule has 0 heterocycles. The highest BCUT2D eigenvalue weighted by Gasteiger charge is 2.09. The van der Waals surface area contributed by atoms with Gasteiger partial charge in [-0.05, 0) is 34.5 Å². The second-order valence-corrected chi connectivity index (χ2v) is 3.44. The van der Waals surface area contributed by atoms with Crippen LogP contribution in [0.5, 0.6) is 0 Å². The van der Waals surface area contributed by atoms with Gasteiger partial charge in [-0.3, -0.25) is 0 Å². The Kier molecular flexibility index (Phi) is 2.54.